The van der Waals surface area contributed by atoms with Gasteiger partial charge in [0.15, 0.2) is 0 Å². The van der Waals surface area contributed by atoms with Gasteiger partial charge >= 0.3 is 11.9 Å². The molecule has 0 aliphatic heterocycles. The molecule has 0 aromatic carbocycles. The molecule has 0 rings (SSSR count). The highest BCUT2D eigenvalue weighted by atomic mass is 28.1. The molecule has 0 aliphatic rings. The number of carbonyl (C=O) groups is 2. The van der Waals surface area contributed by atoms with Crippen molar-refractivity contribution in [1.29, 1.82) is 0 Å². The highest BCUT2D eigenvalue weighted by Gasteiger charge is 2.16. The van der Waals surface area contributed by atoms with Gasteiger partial charge in [-0.1, -0.05) is 0 Å². The van der Waals surface area contributed by atoms with Crippen LogP contribution in [0.5, 0.6) is 0 Å². The first-order chi connectivity index (χ1) is 5.11. The van der Waals surface area contributed by atoms with Crippen molar-refractivity contribution in [3.8, 4) is 0 Å². The van der Waals surface area contributed by atoms with Crippen LogP contribution in [0.1, 0.15) is 6.42 Å². The lowest BCUT2D eigenvalue weighted by molar-refractivity contribution is -0.147. The first-order valence-corrected chi connectivity index (χ1v) is 4.42. The summed E-state index contributed by atoms with van der Waals surface area (Å²) in [5.41, 5.74) is -0.285. The summed E-state index contributed by atoms with van der Waals surface area (Å²) < 4.78 is 8.84. The van der Waals surface area contributed by atoms with E-state index < -0.39 is 0 Å². The van der Waals surface area contributed by atoms with Crippen LogP contribution in [0.25, 0.3) is 0 Å². The summed E-state index contributed by atoms with van der Waals surface area (Å²) in [5.74, 6) is -0.697. The van der Waals surface area contributed by atoms with Crippen LogP contribution < -0.4 is 0 Å². The van der Waals surface area contributed by atoms with Gasteiger partial charge in [-0.15, -0.1) is 0 Å². The minimum atomic E-state index is -0.365. The molecule has 0 spiro atoms. The lowest BCUT2D eigenvalue weighted by Gasteiger charge is -2.06. The van der Waals surface area contributed by atoms with Crippen LogP contribution in [0.3, 0.4) is 0 Å². The van der Waals surface area contributed by atoms with Crippen LogP contribution in [0.2, 0.25) is 5.54 Å². The van der Waals surface area contributed by atoms with Crippen molar-refractivity contribution in [2.45, 2.75) is 12.0 Å². The van der Waals surface area contributed by atoms with Crippen LogP contribution in [-0.4, -0.2) is 36.4 Å². The molecule has 0 radical (unpaired) electrons. The van der Waals surface area contributed by atoms with Crippen molar-refractivity contribution in [3.63, 3.8) is 0 Å². The Morgan fingerprint density at radius 1 is 1.36 bits per heavy atom. The Morgan fingerprint density at radius 3 is 2.27 bits per heavy atom. The fourth-order valence-corrected chi connectivity index (χ4v) is 1.19. The largest absolute Gasteiger partial charge is 0.469 e. The second-order valence-electron chi connectivity index (χ2n) is 2.20. The Labute approximate surface area is 68.3 Å². The monoisotopic (exact) mass is 176 g/mol. The number of esters is 2. The zero-order valence-electron chi connectivity index (χ0n) is 6.92. The molecule has 0 aromatic rings. The molecule has 0 heterocycles. The number of ether oxygens (including phenoxy) is 2. The zero-order valence-corrected chi connectivity index (χ0v) is 8.92. The van der Waals surface area contributed by atoms with Gasteiger partial charge in [-0.25, -0.2) is 0 Å². The van der Waals surface area contributed by atoms with E-state index in [9.17, 15) is 9.59 Å². The molecule has 0 saturated carbocycles. The molecule has 64 valence electrons. The number of methoxy groups -OCH3 is 2. The van der Waals surface area contributed by atoms with Gasteiger partial charge in [0.2, 0.25) is 0 Å². The first-order valence-electron chi connectivity index (χ1n) is 3.26. The normalized spacial score (nSPS) is 12.2. The van der Waals surface area contributed by atoms with E-state index in [-0.39, 0.29) is 23.9 Å². The van der Waals surface area contributed by atoms with Crippen LogP contribution in [-0.2, 0) is 19.1 Å². The second-order valence-corrected chi connectivity index (χ2v) is 3.60. The number of rotatable bonds is 3. The van der Waals surface area contributed by atoms with E-state index in [2.05, 4.69) is 9.47 Å². The molecule has 0 aliphatic carbocycles. The molecule has 0 fully saturated rings. The summed E-state index contributed by atoms with van der Waals surface area (Å²) >= 11 is 0. The molecule has 1 unspecified atom stereocenters. The van der Waals surface area contributed by atoms with Crippen molar-refractivity contribution < 1.29 is 19.1 Å². The maximum Gasteiger partial charge on any atom is 0.306 e. The number of carbonyl (C=O) groups excluding carboxylic acids is 2. The average Bonchev–Trinajstić information content (AvgIpc) is 2.02. The van der Waals surface area contributed by atoms with E-state index in [1.54, 1.807) is 0 Å². The Balaban J connectivity index is 3.77. The van der Waals surface area contributed by atoms with Crippen molar-refractivity contribution in [2.75, 3.05) is 14.2 Å². The number of hydrogen-bond donors (Lipinski definition) is 0. The summed E-state index contributed by atoms with van der Waals surface area (Å²) in [6.07, 6.45) is 0.134. The quantitative estimate of drug-likeness (QED) is 0.403. The van der Waals surface area contributed by atoms with E-state index in [0.29, 0.717) is 10.2 Å². The first kappa shape index (κ1) is 10.2. The van der Waals surface area contributed by atoms with Crippen molar-refractivity contribution in [3.05, 3.63) is 0 Å². The molecule has 1 atom stereocenters. The van der Waals surface area contributed by atoms with E-state index in [1.165, 1.54) is 14.2 Å². The third-order valence-electron chi connectivity index (χ3n) is 1.30. The van der Waals surface area contributed by atoms with E-state index >= 15 is 0 Å². The van der Waals surface area contributed by atoms with Crippen LogP contribution >= 0.6 is 0 Å². The third-order valence-corrected chi connectivity index (χ3v) is 2.18. The van der Waals surface area contributed by atoms with Crippen molar-refractivity contribution >= 4 is 22.2 Å². The Kier molecular flexibility index (Phi) is 4.52. The van der Waals surface area contributed by atoms with Gasteiger partial charge in [0.25, 0.3) is 0 Å². The summed E-state index contributed by atoms with van der Waals surface area (Å²) in [6, 6.07) is 0. The van der Waals surface area contributed by atoms with Gasteiger partial charge in [0, 0.05) is 10.2 Å². The molecular weight excluding hydrogens is 164 g/mol. The molecule has 0 aromatic heterocycles. The molecule has 5 heteroatoms. The molecule has 4 nitrogen and oxygen atoms in total. The van der Waals surface area contributed by atoms with Gasteiger partial charge in [-0.3, -0.25) is 9.59 Å². The molecule has 0 N–H and O–H groups in total. The topological polar surface area (TPSA) is 52.6 Å². The smallest absolute Gasteiger partial charge is 0.306 e. The van der Waals surface area contributed by atoms with Crippen LogP contribution in [0, 0.1) is 0 Å². The minimum absolute atomic E-state index is 0.134. The van der Waals surface area contributed by atoms with Gasteiger partial charge in [0.05, 0.1) is 26.2 Å². The third kappa shape index (κ3) is 3.77. The minimum Gasteiger partial charge on any atom is -0.469 e. The Bertz CT molecular complexity index is 157. The van der Waals surface area contributed by atoms with E-state index in [4.69, 9.17) is 0 Å². The van der Waals surface area contributed by atoms with Gasteiger partial charge in [0.1, 0.15) is 0 Å². The molecular formula is C6H12O4Si. The van der Waals surface area contributed by atoms with E-state index in [0.717, 1.165) is 0 Å². The lowest BCUT2D eigenvalue weighted by Crippen LogP contribution is -2.15. The Hall–Kier alpha value is -0.843. The maximum atomic E-state index is 10.8. The molecule has 0 bridgehead atoms. The SMILES string of the molecule is COC(=O)CC([SiH3])C(=O)OC. The second kappa shape index (κ2) is 4.89. The maximum absolute atomic E-state index is 10.8. The fourth-order valence-electron chi connectivity index (χ4n) is 0.618. The summed E-state index contributed by atoms with van der Waals surface area (Å²) in [4.78, 5) is 21.4. The number of hydrogen-bond acceptors (Lipinski definition) is 4. The van der Waals surface area contributed by atoms with Crippen molar-refractivity contribution in [1.82, 2.24) is 0 Å². The standard InChI is InChI=1S/C6H12O4Si/c1-9-5(7)3-4(11)6(8)10-2/h4H,3H2,1-2,11H3. The molecule has 0 saturated heterocycles. The average molecular weight is 176 g/mol. The fraction of sp³-hybridized carbons (Fsp3) is 0.667. The van der Waals surface area contributed by atoms with Crippen LogP contribution in [0.15, 0.2) is 0 Å². The van der Waals surface area contributed by atoms with E-state index in [1.807, 2.05) is 0 Å². The van der Waals surface area contributed by atoms with Gasteiger partial charge < -0.3 is 9.47 Å². The predicted molar refractivity (Wildman–Crippen MR) is 42.3 cm³/mol. The summed E-state index contributed by atoms with van der Waals surface area (Å²) in [6.45, 7) is 0. The summed E-state index contributed by atoms with van der Waals surface area (Å²) in [7, 11) is 3.22. The highest BCUT2D eigenvalue weighted by molar-refractivity contribution is 6.23. The van der Waals surface area contributed by atoms with Crippen molar-refractivity contribution in [2.24, 2.45) is 0 Å². The zero-order chi connectivity index (χ0) is 8.85. The molecule has 11 heavy (non-hydrogen) atoms. The highest BCUT2D eigenvalue weighted by Crippen LogP contribution is 2.07. The van der Waals surface area contributed by atoms with Gasteiger partial charge in [-0.2, -0.15) is 0 Å². The predicted octanol–water partition coefficient (Wildman–Crippen LogP) is -1.12. The molecule has 0 amide bonds. The van der Waals surface area contributed by atoms with Gasteiger partial charge in [-0.05, 0) is 0 Å². The summed E-state index contributed by atoms with van der Waals surface area (Å²) in [5, 5.41) is 0. The lowest BCUT2D eigenvalue weighted by atomic mass is 10.3. The Morgan fingerprint density at radius 2 is 1.91 bits per heavy atom. The van der Waals surface area contributed by atoms with Crippen LogP contribution in [0.4, 0.5) is 0 Å².